The summed E-state index contributed by atoms with van der Waals surface area (Å²) in [4.78, 5) is 37.0. The second-order valence-electron chi connectivity index (χ2n) is 5.50. The molecule has 2 rings (SSSR count). The molecular weight excluding hydrogens is 400 g/mol. The number of nitrogens with one attached hydrogen (secondary N) is 1. The zero-order valence-electron chi connectivity index (χ0n) is 13.7. The highest BCUT2D eigenvalue weighted by Crippen LogP contribution is 2.35. The Morgan fingerprint density at radius 3 is 2.65 bits per heavy atom. The van der Waals surface area contributed by atoms with E-state index in [-0.39, 0.29) is 15.0 Å². The topological polar surface area (TPSA) is 107 Å². The van der Waals surface area contributed by atoms with Crippen LogP contribution in [0.25, 0.3) is 6.08 Å². The lowest BCUT2D eigenvalue weighted by molar-refractivity contribution is -0.142. The lowest BCUT2D eigenvalue weighted by Crippen LogP contribution is -2.50. The lowest BCUT2D eigenvalue weighted by atomic mass is 10.1. The summed E-state index contributed by atoms with van der Waals surface area (Å²) in [6.07, 6.45) is 1.44. The third-order valence-electron chi connectivity index (χ3n) is 3.60. The largest absolute Gasteiger partial charge is 0.507 e. The summed E-state index contributed by atoms with van der Waals surface area (Å²) in [5.41, 5.74) is 0.342. The molecule has 2 atom stereocenters. The van der Waals surface area contributed by atoms with Crippen LogP contribution in [-0.4, -0.2) is 49.3 Å². The summed E-state index contributed by atoms with van der Waals surface area (Å²) in [6.45, 7) is 2.77. The fourth-order valence-electron chi connectivity index (χ4n) is 2.11. The Kier molecular flexibility index (Phi) is 6.27. The number of thiocarbonyl (C=S) groups is 1. The first-order valence-corrected chi connectivity index (χ1v) is 9.01. The minimum Gasteiger partial charge on any atom is -0.507 e. The first-order chi connectivity index (χ1) is 12.1. The number of hydrogen-bond acceptors (Lipinski definition) is 6. The van der Waals surface area contributed by atoms with Gasteiger partial charge in [-0.3, -0.25) is 19.3 Å². The molecule has 10 heteroatoms. The van der Waals surface area contributed by atoms with Gasteiger partial charge in [0.2, 0.25) is 5.91 Å². The summed E-state index contributed by atoms with van der Waals surface area (Å²) in [7, 11) is 0. The van der Waals surface area contributed by atoms with Gasteiger partial charge in [-0.15, -0.1) is 0 Å². The molecular formula is C16H15ClN2O5S2. The molecule has 0 aliphatic carbocycles. The van der Waals surface area contributed by atoms with Crippen LogP contribution in [0.2, 0.25) is 5.02 Å². The summed E-state index contributed by atoms with van der Waals surface area (Å²) < 4.78 is 0.161. The van der Waals surface area contributed by atoms with Gasteiger partial charge in [-0.25, -0.2) is 0 Å². The normalized spacial score (nSPS) is 18.1. The van der Waals surface area contributed by atoms with Crippen LogP contribution in [0.1, 0.15) is 19.4 Å². The molecule has 2 unspecified atom stereocenters. The average Bonchev–Trinajstić information content (AvgIpc) is 2.84. The average molecular weight is 415 g/mol. The van der Waals surface area contributed by atoms with Crippen molar-refractivity contribution in [2.45, 2.75) is 25.9 Å². The van der Waals surface area contributed by atoms with Crippen LogP contribution in [-0.2, 0) is 14.4 Å². The van der Waals surface area contributed by atoms with Gasteiger partial charge < -0.3 is 15.5 Å². The fourth-order valence-corrected chi connectivity index (χ4v) is 3.70. The molecule has 1 heterocycles. The number of nitrogens with zero attached hydrogens (tertiary/aromatic N) is 1. The highest BCUT2D eigenvalue weighted by Gasteiger charge is 2.38. The number of aromatic hydroxyl groups is 1. The number of carboxylic acid groups (broad SMARTS) is 1. The van der Waals surface area contributed by atoms with Crippen LogP contribution < -0.4 is 5.32 Å². The van der Waals surface area contributed by atoms with Gasteiger partial charge in [-0.2, -0.15) is 0 Å². The molecule has 7 nitrogen and oxygen atoms in total. The van der Waals surface area contributed by atoms with E-state index in [0.29, 0.717) is 10.6 Å². The van der Waals surface area contributed by atoms with Gasteiger partial charge in [0.1, 0.15) is 22.2 Å². The molecule has 1 aliphatic heterocycles. The number of hydrogen-bond donors (Lipinski definition) is 3. The Labute approximate surface area is 164 Å². The molecule has 0 radical (unpaired) electrons. The summed E-state index contributed by atoms with van der Waals surface area (Å²) in [5, 5.41) is 21.4. The number of thioether (sulfide) groups is 1. The van der Waals surface area contributed by atoms with E-state index in [2.05, 4.69) is 5.32 Å². The maximum atomic E-state index is 12.6. The standard InChI is InChI=1S/C16H15ClN2O5S2/c1-7(15(23)24)18-13(21)8(2)19-14(22)12(26-16(19)25)6-9-5-10(17)3-4-11(9)20/h3-8,20H,1-2H3,(H,18,21)(H,23,24)/b12-6-. The Balaban J connectivity index is 2.23. The van der Waals surface area contributed by atoms with Gasteiger partial charge in [0.05, 0.1) is 4.91 Å². The highest BCUT2D eigenvalue weighted by molar-refractivity contribution is 8.26. The number of amides is 2. The van der Waals surface area contributed by atoms with Gasteiger partial charge in [-0.1, -0.05) is 35.6 Å². The first-order valence-electron chi connectivity index (χ1n) is 7.40. The van der Waals surface area contributed by atoms with E-state index in [1.807, 2.05) is 0 Å². The predicted molar refractivity (Wildman–Crippen MR) is 103 cm³/mol. The van der Waals surface area contributed by atoms with Crippen LogP contribution in [0.3, 0.4) is 0 Å². The second kappa shape index (κ2) is 8.07. The molecule has 1 aliphatic rings. The van der Waals surface area contributed by atoms with Crippen molar-refractivity contribution >= 4 is 63.8 Å². The molecule has 1 fully saturated rings. The number of rotatable bonds is 5. The Morgan fingerprint density at radius 2 is 2.04 bits per heavy atom. The maximum Gasteiger partial charge on any atom is 0.325 e. The fraction of sp³-hybridized carbons (Fsp3) is 0.250. The number of phenolic OH excluding ortho intramolecular Hbond substituents is 1. The van der Waals surface area contributed by atoms with Crippen molar-refractivity contribution in [3.8, 4) is 5.75 Å². The van der Waals surface area contributed by atoms with Crippen molar-refractivity contribution in [2.75, 3.05) is 0 Å². The van der Waals surface area contributed by atoms with Gasteiger partial charge in [0, 0.05) is 10.6 Å². The van der Waals surface area contributed by atoms with Crippen molar-refractivity contribution in [3.05, 3.63) is 33.7 Å². The van der Waals surface area contributed by atoms with E-state index in [1.54, 1.807) is 0 Å². The van der Waals surface area contributed by atoms with Crippen molar-refractivity contribution < 1.29 is 24.6 Å². The van der Waals surface area contributed by atoms with Gasteiger partial charge in [0.25, 0.3) is 5.91 Å². The van der Waals surface area contributed by atoms with Crippen LogP contribution >= 0.6 is 35.6 Å². The van der Waals surface area contributed by atoms with E-state index in [1.165, 1.54) is 38.1 Å². The molecule has 138 valence electrons. The summed E-state index contributed by atoms with van der Waals surface area (Å²) in [6, 6.07) is 2.33. The second-order valence-corrected chi connectivity index (χ2v) is 7.61. The molecule has 26 heavy (non-hydrogen) atoms. The third kappa shape index (κ3) is 4.35. The van der Waals surface area contributed by atoms with E-state index in [0.717, 1.165) is 16.7 Å². The van der Waals surface area contributed by atoms with E-state index < -0.39 is 29.9 Å². The van der Waals surface area contributed by atoms with Crippen molar-refractivity contribution in [1.29, 1.82) is 0 Å². The number of halogens is 1. The monoisotopic (exact) mass is 414 g/mol. The van der Waals surface area contributed by atoms with Gasteiger partial charge >= 0.3 is 5.97 Å². The first kappa shape index (κ1) is 20.2. The molecule has 1 saturated heterocycles. The molecule has 0 aromatic heterocycles. The molecule has 1 aromatic carbocycles. The minimum atomic E-state index is -1.19. The molecule has 0 spiro atoms. The number of carboxylic acids is 1. The van der Waals surface area contributed by atoms with Crippen LogP contribution in [0.5, 0.6) is 5.75 Å². The summed E-state index contributed by atoms with van der Waals surface area (Å²) in [5.74, 6) is -2.39. The Hall–Kier alpha value is -2.10. The molecule has 1 aromatic rings. The van der Waals surface area contributed by atoms with Gasteiger partial charge in [0.15, 0.2) is 0 Å². The van der Waals surface area contributed by atoms with E-state index in [9.17, 15) is 19.5 Å². The minimum absolute atomic E-state index is 0.0549. The van der Waals surface area contributed by atoms with Crippen LogP contribution in [0, 0.1) is 0 Å². The molecule has 2 amide bonds. The number of carbonyl (C=O) groups excluding carboxylic acids is 2. The third-order valence-corrected chi connectivity index (χ3v) is 5.16. The van der Waals surface area contributed by atoms with Gasteiger partial charge in [-0.05, 0) is 38.1 Å². The van der Waals surface area contributed by atoms with E-state index in [4.69, 9.17) is 28.9 Å². The Bertz CT molecular complexity index is 827. The quantitative estimate of drug-likeness (QED) is 0.501. The zero-order valence-corrected chi connectivity index (χ0v) is 16.1. The maximum absolute atomic E-state index is 12.6. The van der Waals surface area contributed by atoms with Crippen LogP contribution in [0.15, 0.2) is 23.1 Å². The predicted octanol–water partition coefficient (Wildman–Crippen LogP) is 2.22. The van der Waals surface area contributed by atoms with E-state index >= 15 is 0 Å². The molecule has 0 saturated carbocycles. The number of phenols is 1. The smallest absolute Gasteiger partial charge is 0.325 e. The van der Waals surface area contributed by atoms with Crippen molar-refractivity contribution in [2.24, 2.45) is 0 Å². The molecule has 3 N–H and O–H groups in total. The SMILES string of the molecule is CC(NC(=O)C(C)N1C(=O)/C(=C/c2cc(Cl)ccc2O)SC1=S)C(=O)O. The zero-order chi connectivity index (χ0) is 19.6. The van der Waals surface area contributed by atoms with Crippen LogP contribution in [0.4, 0.5) is 0 Å². The van der Waals surface area contributed by atoms with Crippen molar-refractivity contribution in [1.82, 2.24) is 10.2 Å². The van der Waals surface area contributed by atoms with Crippen molar-refractivity contribution in [3.63, 3.8) is 0 Å². The number of benzene rings is 1. The number of aliphatic carboxylic acids is 1. The summed E-state index contributed by atoms with van der Waals surface area (Å²) >= 11 is 12.0. The Morgan fingerprint density at radius 1 is 1.38 bits per heavy atom. The highest BCUT2D eigenvalue weighted by atomic mass is 35.5. The number of carbonyl (C=O) groups is 3. The molecule has 0 bridgehead atoms. The lowest BCUT2D eigenvalue weighted by Gasteiger charge is -2.23.